The summed E-state index contributed by atoms with van der Waals surface area (Å²) in [7, 11) is 1.85. The molecule has 0 heterocycles. The van der Waals surface area contributed by atoms with E-state index in [4.69, 9.17) is 14.3 Å². The molecule has 0 aliphatic rings. The van der Waals surface area contributed by atoms with Crippen molar-refractivity contribution >= 4 is 7.82 Å². The summed E-state index contributed by atoms with van der Waals surface area (Å²) < 4.78 is 17.0. The zero-order chi connectivity index (χ0) is 21.3. The predicted molar refractivity (Wildman–Crippen MR) is 119 cm³/mol. The Balaban J connectivity index is 3.62. The molecule has 0 aliphatic carbocycles. The van der Waals surface area contributed by atoms with E-state index in [1.165, 1.54) is 77.0 Å². The van der Waals surface area contributed by atoms with Gasteiger partial charge in [0, 0.05) is 6.42 Å². The molecule has 1 atom stereocenters. The van der Waals surface area contributed by atoms with Gasteiger partial charge in [-0.2, -0.15) is 0 Å². The number of hydrogen-bond donors (Lipinski definition) is 2. The molecule has 5 nitrogen and oxygen atoms in total. The molecule has 2 N–H and O–H groups in total. The second kappa shape index (κ2) is 16.8. The summed E-state index contributed by atoms with van der Waals surface area (Å²) in [5.74, 6) is 0. The molecule has 0 aromatic carbocycles. The fourth-order valence-corrected chi connectivity index (χ4v) is 4.14. The van der Waals surface area contributed by atoms with E-state index in [0.717, 1.165) is 30.3 Å². The average molecular weight is 423 g/mol. The van der Waals surface area contributed by atoms with Crippen LogP contribution in [0.1, 0.15) is 110 Å². The highest BCUT2D eigenvalue weighted by Gasteiger charge is 2.23. The van der Waals surface area contributed by atoms with Gasteiger partial charge < -0.3 is 14.3 Å². The zero-order valence-corrected chi connectivity index (χ0v) is 20.1. The number of unbranched alkanes of at least 4 members (excludes halogenated alkanes) is 13. The van der Waals surface area contributed by atoms with Gasteiger partial charge in [-0.05, 0) is 6.42 Å². The van der Waals surface area contributed by atoms with Gasteiger partial charge in [-0.3, -0.25) is 4.52 Å². The van der Waals surface area contributed by atoms with Crippen molar-refractivity contribution in [2.24, 2.45) is 0 Å². The van der Waals surface area contributed by atoms with Crippen molar-refractivity contribution < 1.29 is 23.4 Å². The second-order valence-corrected chi connectivity index (χ2v) is 10.6. The van der Waals surface area contributed by atoms with E-state index in [1.54, 1.807) is 0 Å². The molecule has 0 fully saturated rings. The molecule has 0 saturated carbocycles. The molecular formula is C22H49NO4P+. The van der Waals surface area contributed by atoms with Gasteiger partial charge in [-0.1, -0.05) is 96.8 Å². The van der Waals surface area contributed by atoms with Gasteiger partial charge >= 0.3 is 7.82 Å². The number of nitrogens with zero attached hydrogens (tertiary/aromatic N) is 1. The highest BCUT2D eigenvalue weighted by Crippen LogP contribution is 2.39. The lowest BCUT2D eigenvalue weighted by Gasteiger charge is -2.26. The molecule has 0 amide bonds. The predicted octanol–water partition coefficient (Wildman–Crippen LogP) is 6.43. The number of rotatable bonds is 20. The van der Waals surface area contributed by atoms with Gasteiger partial charge in [0.2, 0.25) is 0 Å². The quantitative estimate of drug-likeness (QED) is 0.135. The van der Waals surface area contributed by atoms with Gasteiger partial charge in [-0.25, -0.2) is 4.57 Å². The minimum atomic E-state index is -4.40. The Bertz CT molecular complexity index is 392. The van der Waals surface area contributed by atoms with Crippen molar-refractivity contribution in [2.75, 3.05) is 27.7 Å². The molecule has 170 valence electrons. The van der Waals surface area contributed by atoms with Crippen molar-refractivity contribution in [3.8, 4) is 0 Å². The van der Waals surface area contributed by atoms with Crippen LogP contribution in [0.25, 0.3) is 0 Å². The molecule has 0 aromatic rings. The molecule has 0 spiro atoms. The van der Waals surface area contributed by atoms with Gasteiger partial charge in [0.25, 0.3) is 0 Å². The largest absolute Gasteiger partial charge is 0.469 e. The number of hydrogen-bond acceptors (Lipinski definition) is 2. The van der Waals surface area contributed by atoms with E-state index in [0.29, 0.717) is 6.42 Å². The number of phosphoric ester groups is 1. The molecule has 0 aliphatic heterocycles. The zero-order valence-electron chi connectivity index (χ0n) is 19.2. The Morgan fingerprint density at radius 3 is 1.46 bits per heavy atom. The third kappa shape index (κ3) is 22.4. The molecule has 6 heteroatoms. The van der Waals surface area contributed by atoms with Crippen LogP contribution < -0.4 is 0 Å². The Morgan fingerprint density at radius 1 is 0.714 bits per heavy atom. The highest BCUT2D eigenvalue weighted by molar-refractivity contribution is 7.46. The molecule has 0 rings (SSSR count). The molecule has 0 radical (unpaired) electrons. The lowest BCUT2D eigenvalue weighted by molar-refractivity contribution is -0.870. The fraction of sp³-hybridized carbons (Fsp3) is 1.00. The summed E-state index contributed by atoms with van der Waals surface area (Å²) in [6, 6.07) is 0. The smallest absolute Gasteiger partial charge is 0.331 e. The van der Waals surface area contributed by atoms with E-state index in [9.17, 15) is 4.57 Å². The lowest BCUT2D eigenvalue weighted by atomic mass is 10.0. The first-order chi connectivity index (χ1) is 13.1. The van der Waals surface area contributed by atoms with Crippen LogP contribution in [0.3, 0.4) is 0 Å². The summed E-state index contributed by atoms with van der Waals surface area (Å²) in [6.07, 6.45) is 19.5. The van der Waals surface area contributed by atoms with Crippen LogP contribution >= 0.6 is 7.82 Å². The second-order valence-electron chi connectivity index (χ2n) is 9.41. The Kier molecular flexibility index (Phi) is 16.9. The molecule has 0 bridgehead atoms. The summed E-state index contributed by atoms with van der Waals surface area (Å²) in [5.41, 5.74) is 0. The topological polar surface area (TPSA) is 66.8 Å². The standard InChI is InChI=1S/C22H48NO4P/c1-5-6-7-8-9-10-11-12-13-14-15-16-17-18-19-22(27-28(24,25)26)20-21-23(2,3)4/h22H,5-21H2,1-4H3,(H-,24,25,26)/p+1. The van der Waals surface area contributed by atoms with Gasteiger partial charge in [-0.15, -0.1) is 0 Å². The maximum Gasteiger partial charge on any atom is 0.469 e. The van der Waals surface area contributed by atoms with Crippen LogP contribution in [-0.4, -0.2) is 48.1 Å². The van der Waals surface area contributed by atoms with Crippen molar-refractivity contribution in [3.63, 3.8) is 0 Å². The third-order valence-corrected chi connectivity index (χ3v) is 5.86. The fourth-order valence-electron chi connectivity index (χ4n) is 3.54. The monoisotopic (exact) mass is 422 g/mol. The van der Waals surface area contributed by atoms with E-state index >= 15 is 0 Å². The van der Waals surface area contributed by atoms with Crippen LogP contribution in [0.2, 0.25) is 0 Å². The number of quaternary nitrogens is 1. The first-order valence-corrected chi connectivity index (χ1v) is 13.2. The maximum atomic E-state index is 11.2. The molecule has 1 unspecified atom stereocenters. The van der Waals surface area contributed by atoms with E-state index in [2.05, 4.69) is 28.1 Å². The summed E-state index contributed by atoms with van der Waals surface area (Å²) in [5, 5.41) is 0. The lowest BCUT2D eigenvalue weighted by Crippen LogP contribution is -2.37. The van der Waals surface area contributed by atoms with Crippen molar-refractivity contribution in [2.45, 2.75) is 116 Å². The summed E-state index contributed by atoms with van der Waals surface area (Å²) >= 11 is 0. The van der Waals surface area contributed by atoms with Gasteiger partial charge in [0.05, 0.1) is 33.8 Å². The average Bonchev–Trinajstić information content (AvgIpc) is 2.58. The van der Waals surface area contributed by atoms with E-state index < -0.39 is 7.82 Å². The summed E-state index contributed by atoms with van der Waals surface area (Å²) in [6.45, 7) is 3.12. The van der Waals surface area contributed by atoms with E-state index in [-0.39, 0.29) is 6.10 Å². The Labute approximate surface area is 175 Å². The van der Waals surface area contributed by atoms with Crippen LogP contribution in [-0.2, 0) is 9.09 Å². The first-order valence-electron chi connectivity index (χ1n) is 11.7. The molecule has 0 saturated heterocycles. The highest BCUT2D eigenvalue weighted by atomic mass is 31.2. The van der Waals surface area contributed by atoms with Crippen molar-refractivity contribution in [1.82, 2.24) is 0 Å². The van der Waals surface area contributed by atoms with Crippen LogP contribution in [0.15, 0.2) is 0 Å². The Hall–Kier alpha value is 0.0700. The minimum absolute atomic E-state index is 0.337. The molecule has 0 aromatic heterocycles. The van der Waals surface area contributed by atoms with Crippen LogP contribution in [0.5, 0.6) is 0 Å². The number of phosphoric acid groups is 1. The van der Waals surface area contributed by atoms with Crippen LogP contribution in [0, 0.1) is 0 Å². The minimum Gasteiger partial charge on any atom is -0.331 e. The third-order valence-electron chi connectivity index (χ3n) is 5.29. The normalized spacial score (nSPS) is 13.8. The SMILES string of the molecule is CCCCCCCCCCCCCCCCC(CC[N+](C)(C)C)OP(=O)(O)O. The van der Waals surface area contributed by atoms with Gasteiger partial charge in [0.1, 0.15) is 0 Å². The van der Waals surface area contributed by atoms with Crippen molar-refractivity contribution in [3.05, 3.63) is 0 Å². The molecular weight excluding hydrogens is 373 g/mol. The maximum absolute atomic E-state index is 11.2. The molecule has 28 heavy (non-hydrogen) atoms. The van der Waals surface area contributed by atoms with E-state index in [1.807, 2.05) is 0 Å². The van der Waals surface area contributed by atoms with Gasteiger partial charge in [0.15, 0.2) is 0 Å². The summed E-state index contributed by atoms with van der Waals surface area (Å²) in [4.78, 5) is 18.2. The first kappa shape index (κ1) is 28.1. The van der Waals surface area contributed by atoms with Crippen molar-refractivity contribution in [1.29, 1.82) is 0 Å². The Morgan fingerprint density at radius 2 is 1.11 bits per heavy atom. The van der Waals surface area contributed by atoms with Crippen LogP contribution in [0.4, 0.5) is 0 Å².